The summed E-state index contributed by atoms with van der Waals surface area (Å²) in [6.07, 6.45) is 0. The van der Waals surface area contributed by atoms with Crippen LogP contribution in [-0.4, -0.2) is 35.9 Å². The summed E-state index contributed by atoms with van der Waals surface area (Å²) in [5.41, 5.74) is 2.28. The summed E-state index contributed by atoms with van der Waals surface area (Å²) in [6.45, 7) is 7.50. The third-order valence-corrected chi connectivity index (χ3v) is 5.99. The van der Waals surface area contributed by atoms with E-state index in [4.69, 9.17) is 39.5 Å². The van der Waals surface area contributed by atoms with E-state index < -0.39 is 6.04 Å². The first kappa shape index (κ1) is 24.3. The molecule has 2 amide bonds. The largest absolute Gasteiger partial charge is 0.484 e. The Labute approximate surface area is 192 Å². The van der Waals surface area contributed by atoms with Gasteiger partial charge in [0.2, 0.25) is 5.91 Å². The Morgan fingerprint density at radius 3 is 2.20 bits per heavy atom. The lowest BCUT2D eigenvalue weighted by molar-refractivity contribution is -0.142. The van der Waals surface area contributed by atoms with Crippen molar-refractivity contribution < 1.29 is 14.3 Å². The van der Waals surface area contributed by atoms with Crippen molar-refractivity contribution in [3.05, 3.63) is 62.1 Å². The summed E-state index contributed by atoms with van der Waals surface area (Å²) in [4.78, 5) is 26.9. The second kappa shape index (κ2) is 10.9. The third-order valence-electron chi connectivity index (χ3n) is 4.68. The molecule has 0 bridgehead atoms. The van der Waals surface area contributed by atoms with Gasteiger partial charge in [-0.3, -0.25) is 9.59 Å². The molecule has 5 nitrogen and oxygen atoms in total. The Bertz CT molecular complexity index is 891. The number of carbonyl (C=O) groups is 2. The molecule has 0 saturated heterocycles. The van der Waals surface area contributed by atoms with E-state index in [0.29, 0.717) is 32.9 Å². The predicted octanol–water partition coefficient (Wildman–Crippen LogP) is 5.20. The van der Waals surface area contributed by atoms with Crippen molar-refractivity contribution in [1.29, 1.82) is 0 Å². The number of nitrogens with zero attached hydrogens (tertiary/aromatic N) is 1. The van der Waals surface area contributed by atoms with Crippen molar-refractivity contribution in [1.82, 2.24) is 10.2 Å². The van der Waals surface area contributed by atoms with E-state index in [0.717, 1.165) is 11.1 Å². The number of rotatable bonds is 8. The number of nitrogens with one attached hydrogen (secondary N) is 1. The molecule has 1 N–H and O–H groups in total. The van der Waals surface area contributed by atoms with Gasteiger partial charge < -0.3 is 15.0 Å². The number of amides is 2. The van der Waals surface area contributed by atoms with E-state index in [1.807, 2.05) is 20.8 Å². The molecule has 2 rings (SSSR count). The summed E-state index contributed by atoms with van der Waals surface area (Å²) >= 11 is 18.7. The number of halogens is 3. The molecule has 0 heterocycles. The number of hydrogen-bond acceptors (Lipinski definition) is 3. The van der Waals surface area contributed by atoms with Crippen LogP contribution in [0.5, 0.6) is 5.75 Å². The van der Waals surface area contributed by atoms with Crippen molar-refractivity contribution in [2.24, 2.45) is 0 Å². The molecule has 2 aromatic carbocycles. The molecule has 0 spiro atoms. The molecule has 0 aliphatic heterocycles. The van der Waals surface area contributed by atoms with Crippen LogP contribution in [0.25, 0.3) is 0 Å². The quantitative estimate of drug-likeness (QED) is 0.576. The van der Waals surface area contributed by atoms with Crippen LogP contribution < -0.4 is 10.1 Å². The van der Waals surface area contributed by atoms with Crippen molar-refractivity contribution in [3.63, 3.8) is 0 Å². The lowest BCUT2D eigenvalue weighted by atomic mass is 10.1. The number of benzene rings is 2. The first-order valence-electron chi connectivity index (χ1n) is 9.55. The van der Waals surface area contributed by atoms with Gasteiger partial charge in [0, 0.05) is 33.7 Å². The van der Waals surface area contributed by atoms with Crippen molar-refractivity contribution in [3.8, 4) is 5.75 Å². The second-order valence-electron chi connectivity index (χ2n) is 6.95. The average molecular weight is 472 g/mol. The Morgan fingerprint density at radius 1 is 1.10 bits per heavy atom. The van der Waals surface area contributed by atoms with Crippen molar-refractivity contribution in [2.45, 2.75) is 40.3 Å². The minimum absolute atomic E-state index is 0.0810. The first-order valence-corrected chi connectivity index (χ1v) is 10.7. The lowest BCUT2D eigenvalue weighted by Crippen LogP contribution is -2.49. The zero-order chi connectivity index (χ0) is 22.4. The topological polar surface area (TPSA) is 58.6 Å². The highest BCUT2D eigenvalue weighted by Gasteiger charge is 2.27. The van der Waals surface area contributed by atoms with Gasteiger partial charge in [-0.25, -0.2) is 0 Å². The van der Waals surface area contributed by atoms with Crippen molar-refractivity contribution >= 4 is 46.6 Å². The van der Waals surface area contributed by atoms with E-state index in [1.54, 1.807) is 37.3 Å². The molecule has 0 aliphatic rings. The summed E-state index contributed by atoms with van der Waals surface area (Å²) in [7, 11) is 0. The predicted molar refractivity (Wildman–Crippen MR) is 122 cm³/mol. The van der Waals surface area contributed by atoms with Crippen LogP contribution in [0.4, 0.5) is 0 Å². The highest BCUT2D eigenvalue weighted by Crippen LogP contribution is 2.28. The van der Waals surface area contributed by atoms with Crippen LogP contribution in [0.15, 0.2) is 30.3 Å². The highest BCUT2D eigenvalue weighted by molar-refractivity contribution is 6.36. The summed E-state index contributed by atoms with van der Waals surface area (Å²) in [6, 6.07) is 7.91. The van der Waals surface area contributed by atoms with Gasteiger partial charge in [0.1, 0.15) is 11.8 Å². The number of carbonyl (C=O) groups excluding carboxylic acids is 2. The third kappa shape index (κ3) is 6.03. The zero-order valence-corrected chi connectivity index (χ0v) is 19.7. The number of ether oxygens (including phenoxy) is 1. The maximum Gasteiger partial charge on any atom is 0.261 e. The lowest BCUT2D eigenvalue weighted by Gasteiger charge is -2.29. The minimum atomic E-state index is -0.734. The van der Waals surface area contributed by atoms with Crippen LogP contribution in [-0.2, 0) is 16.1 Å². The Hall–Kier alpha value is -1.95. The van der Waals surface area contributed by atoms with E-state index in [1.165, 1.54) is 4.90 Å². The molecular formula is C22H25Cl3N2O3. The average Bonchev–Trinajstić information content (AvgIpc) is 2.69. The van der Waals surface area contributed by atoms with E-state index >= 15 is 0 Å². The van der Waals surface area contributed by atoms with E-state index in [-0.39, 0.29) is 25.0 Å². The van der Waals surface area contributed by atoms with E-state index in [9.17, 15) is 9.59 Å². The molecule has 162 valence electrons. The number of likely N-dealkylation sites (N-methyl/N-ethyl adjacent to an activating group) is 1. The normalized spacial score (nSPS) is 11.7. The molecule has 0 fully saturated rings. The van der Waals surface area contributed by atoms with Gasteiger partial charge in [0.25, 0.3) is 5.91 Å². The fourth-order valence-corrected chi connectivity index (χ4v) is 3.60. The van der Waals surface area contributed by atoms with Gasteiger partial charge in [-0.2, -0.15) is 0 Å². The maximum absolute atomic E-state index is 13.0. The van der Waals surface area contributed by atoms with Gasteiger partial charge in [0.05, 0.1) is 0 Å². The molecule has 1 unspecified atom stereocenters. The maximum atomic E-state index is 13.0. The SMILES string of the molecule is CCNC(=O)C(C)N(Cc1c(Cl)cccc1Cl)C(=O)COc1cc(C)c(Cl)c(C)c1. The minimum Gasteiger partial charge on any atom is -0.484 e. The Morgan fingerprint density at radius 2 is 1.67 bits per heavy atom. The first-order chi connectivity index (χ1) is 14.1. The number of aryl methyl sites for hydroxylation is 2. The molecule has 30 heavy (non-hydrogen) atoms. The molecule has 0 aromatic heterocycles. The summed E-state index contributed by atoms with van der Waals surface area (Å²) in [5, 5.41) is 4.25. The highest BCUT2D eigenvalue weighted by atomic mass is 35.5. The monoisotopic (exact) mass is 470 g/mol. The fraction of sp³-hybridized carbons (Fsp3) is 0.364. The Kier molecular flexibility index (Phi) is 8.83. The summed E-state index contributed by atoms with van der Waals surface area (Å²) < 4.78 is 5.71. The van der Waals surface area contributed by atoms with Crippen LogP contribution >= 0.6 is 34.8 Å². The second-order valence-corrected chi connectivity index (χ2v) is 8.14. The van der Waals surface area contributed by atoms with Gasteiger partial charge in [0.15, 0.2) is 6.61 Å². The molecule has 0 saturated carbocycles. The zero-order valence-electron chi connectivity index (χ0n) is 17.4. The van der Waals surface area contributed by atoms with Crippen LogP contribution in [0.2, 0.25) is 15.1 Å². The van der Waals surface area contributed by atoms with Gasteiger partial charge in [-0.05, 0) is 63.1 Å². The molecule has 0 aliphatic carbocycles. The van der Waals surface area contributed by atoms with Crippen LogP contribution in [0.1, 0.15) is 30.5 Å². The molecule has 2 aromatic rings. The van der Waals surface area contributed by atoms with Crippen molar-refractivity contribution in [2.75, 3.05) is 13.2 Å². The smallest absolute Gasteiger partial charge is 0.261 e. The molecular weight excluding hydrogens is 447 g/mol. The summed E-state index contributed by atoms with van der Waals surface area (Å²) in [5.74, 6) is -0.105. The fourth-order valence-electron chi connectivity index (χ4n) is 2.98. The molecule has 1 atom stereocenters. The van der Waals surface area contributed by atoms with E-state index in [2.05, 4.69) is 5.32 Å². The number of hydrogen-bond donors (Lipinski definition) is 1. The molecule has 0 radical (unpaired) electrons. The van der Waals surface area contributed by atoms with Gasteiger partial charge in [-0.1, -0.05) is 40.9 Å². The van der Waals surface area contributed by atoms with Crippen LogP contribution in [0, 0.1) is 13.8 Å². The standard InChI is InChI=1S/C22H25Cl3N2O3/c1-5-26-22(29)15(4)27(11-17-18(23)7-6-8-19(17)24)20(28)12-30-16-9-13(2)21(25)14(3)10-16/h6-10,15H,5,11-12H2,1-4H3,(H,26,29). The van der Waals surface area contributed by atoms with Gasteiger partial charge >= 0.3 is 0 Å². The Balaban J connectivity index is 2.24. The molecule has 8 heteroatoms. The van der Waals surface area contributed by atoms with Gasteiger partial charge in [-0.15, -0.1) is 0 Å². The van der Waals surface area contributed by atoms with Crippen LogP contribution in [0.3, 0.4) is 0 Å².